The number of ether oxygens (including phenoxy) is 1. The zero-order valence-electron chi connectivity index (χ0n) is 25.1. The van der Waals surface area contributed by atoms with Crippen molar-refractivity contribution >= 4 is 23.5 Å². The SMILES string of the molecule is COC(=O)[C@H](C(C)C)N1Cc2ccc(-c3ccc(NC(=O)c4ccc5c(c4)C(C)(C)CCC5(C)C)cc3)cc2C1=O. The first-order valence-electron chi connectivity index (χ1n) is 14.4. The molecule has 0 radical (unpaired) electrons. The number of rotatable bonds is 6. The number of anilines is 1. The summed E-state index contributed by atoms with van der Waals surface area (Å²) in [6, 6.07) is 19.0. The Balaban J connectivity index is 1.32. The molecule has 1 aliphatic carbocycles. The smallest absolute Gasteiger partial charge is 0.328 e. The summed E-state index contributed by atoms with van der Waals surface area (Å²) >= 11 is 0. The molecule has 1 aliphatic heterocycles. The van der Waals surface area contributed by atoms with E-state index in [-0.39, 0.29) is 28.6 Å². The van der Waals surface area contributed by atoms with Crippen LogP contribution in [0.2, 0.25) is 0 Å². The molecule has 6 heteroatoms. The summed E-state index contributed by atoms with van der Waals surface area (Å²) in [5.74, 6) is -0.760. The van der Waals surface area contributed by atoms with E-state index in [1.807, 2.05) is 62.4 Å². The molecule has 0 unspecified atom stereocenters. The summed E-state index contributed by atoms with van der Waals surface area (Å²) in [7, 11) is 1.35. The molecule has 214 valence electrons. The summed E-state index contributed by atoms with van der Waals surface area (Å²) in [6.07, 6.45) is 2.23. The predicted octanol–water partition coefficient (Wildman–Crippen LogP) is 7.11. The van der Waals surface area contributed by atoms with E-state index in [1.54, 1.807) is 4.90 Å². The van der Waals surface area contributed by atoms with Crippen LogP contribution < -0.4 is 5.32 Å². The Bertz CT molecular complexity index is 1520. The van der Waals surface area contributed by atoms with Crippen LogP contribution in [0.1, 0.15) is 91.8 Å². The molecule has 5 rings (SSSR count). The minimum Gasteiger partial charge on any atom is -0.467 e. The van der Waals surface area contributed by atoms with Gasteiger partial charge in [-0.3, -0.25) is 9.59 Å². The maximum atomic E-state index is 13.3. The summed E-state index contributed by atoms with van der Waals surface area (Å²) in [4.78, 5) is 40.5. The molecule has 2 aliphatic rings. The highest BCUT2D eigenvalue weighted by molar-refractivity contribution is 6.05. The number of methoxy groups -OCH3 is 1. The summed E-state index contributed by atoms with van der Waals surface area (Å²) in [5.41, 5.74) is 7.42. The van der Waals surface area contributed by atoms with Crippen molar-refractivity contribution in [3.63, 3.8) is 0 Å². The average Bonchev–Trinajstić information content (AvgIpc) is 3.26. The number of nitrogens with one attached hydrogen (secondary N) is 1. The lowest BCUT2D eigenvalue weighted by Gasteiger charge is -2.42. The molecule has 2 amide bonds. The van der Waals surface area contributed by atoms with Crippen LogP contribution in [0, 0.1) is 5.92 Å². The van der Waals surface area contributed by atoms with Gasteiger partial charge >= 0.3 is 5.97 Å². The van der Waals surface area contributed by atoms with Gasteiger partial charge in [0.25, 0.3) is 11.8 Å². The zero-order chi connectivity index (χ0) is 29.7. The third kappa shape index (κ3) is 5.28. The summed E-state index contributed by atoms with van der Waals surface area (Å²) in [6.45, 7) is 13.3. The fourth-order valence-corrected chi connectivity index (χ4v) is 6.29. The first-order chi connectivity index (χ1) is 19.3. The van der Waals surface area contributed by atoms with Crippen LogP contribution in [0.3, 0.4) is 0 Å². The standard InChI is InChI=1S/C35H40N2O4/c1-21(2)30(33(40)41-7)37-20-25-9-8-23(18-27(25)32(37)39)22-10-13-26(14-11-22)36-31(38)24-12-15-28-29(19-24)35(5,6)17-16-34(28,3)4/h8-15,18-19,21,30H,16-17,20H2,1-7H3,(H,36,38)/t30-/m0/s1. The fourth-order valence-electron chi connectivity index (χ4n) is 6.29. The van der Waals surface area contributed by atoms with Crippen LogP contribution in [0.15, 0.2) is 60.7 Å². The highest BCUT2D eigenvalue weighted by Gasteiger charge is 2.39. The number of fused-ring (bicyclic) bond motifs is 2. The van der Waals surface area contributed by atoms with Gasteiger partial charge in [0.2, 0.25) is 0 Å². The molecular formula is C35H40N2O4. The molecule has 6 nitrogen and oxygen atoms in total. The average molecular weight is 553 g/mol. The Labute approximate surface area is 243 Å². The van der Waals surface area contributed by atoms with E-state index in [2.05, 4.69) is 45.1 Å². The molecule has 3 aromatic carbocycles. The van der Waals surface area contributed by atoms with Crippen LogP contribution in [0.5, 0.6) is 0 Å². The molecule has 1 heterocycles. The van der Waals surface area contributed by atoms with E-state index in [9.17, 15) is 14.4 Å². The van der Waals surface area contributed by atoms with Gasteiger partial charge in [-0.2, -0.15) is 0 Å². The maximum Gasteiger partial charge on any atom is 0.328 e. The van der Waals surface area contributed by atoms with Gasteiger partial charge in [0.1, 0.15) is 6.04 Å². The second kappa shape index (κ2) is 10.5. The van der Waals surface area contributed by atoms with Crippen molar-refractivity contribution in [2.75, 3.05) is 12.4 Å². The number of nitrogens with zero attached hydrogens (tertiary/aromatic N) is 1. The van der Waals surface area contributed by atoms with Crippen LogP contribution in [0.25, 0.3) is 11.1 Å². The van der Waals surface area contributed by atoms with E-state index >= 15 is 0 Å². The number of amides is 2. The molecule has 41 heavy (non-hydrogen) atoms. The Kier molecular flexibility index (Phi) is 7.31. The topological polar surface area (TPSA) is 75.7 Å². The first kappa shape index (κ1) is 28.6. The second-order valence-electron chi connectivity index (χ2n) is 13.1. The van der Waals surface area contributed by atoms with E-state index < -0.39 is 12.0 Å². The largest absolute Gasteiger partial charge is 0.467 e. The van der Waals surface area contributed by atoms with Crippen LogP contribution in [0.4, 0.5) is 5.69 Å². The highest BCUT2D eigenvalue weighted by atomic mass is 16.5. The van der Waals surface area contributed by atoms with Crippen molar-refractivity contribution < 1.29 is 19.1 Å². The molecule has 0 saturated heterocycles. The Morgan fingerprint density at radius 3 is 2.12 bits per heavy atom. The lowest BCUT2D eigenvalue weighted by atomic mass is 9.63. The van der Waals surface area contributed by atoms with Crippen molar-refractivity contribution in [2.24, 2.45) is 5.92 Å². The molecule has 3 aromatic rings. The van der Waals surface area contributed by atoms with Crippen LogP contribution >= 0.6 is 0 Å². The lowest BCUT2D eigenvalue weighted by Crippen LogP contribution is -2.45. The van der Waals surface area contributed by atoms with E-state index in [4.69, 9.17) is 4.74 Å². The van der Waals surface area contributed by atoms with E-state index in [1.165, 1.54) is 18.2 Å². The maximum absolute atomic E-state index is 13.3. The number of carbonyl (C=O) groups is 3. The highest BCUT2D eigenvalue weighted by Crippen LogP contribution is 2.46. The fraction of sp³-hybridized carbons (Fsp3) is 0.400. The molecule has 0 saturated carbocycles. The van der Waals surface area contributed by atoms with Crippen LogP contribution in [-0.4, -0.2) is 35.8 Å². The van der Waals surface area contributed by atoms with Gasteiger partial charge in [0.05, 0.1) is 7.11 Å². The Morgan fingerprint density at radius 1 is 0.854 bits per heavy atom. The monoisotopic (exact) mass is 552 g/mol. The van der Waals surface area contributed by atoms with Gasteiger partial charge in [-0.25, -0.2) is 4.79 Å². The van der Waals surface area contributed by atoms with Crippen molar-refractivity contribution in [1.29, 1.82) is 0 Å². The number of hydrogen-bond donors (Lipinski definition) is 1. The Hall–Kier alpha value is -3.93. The van der Waals surface area contributed by atoms with E-state index in [0.717, 1.165) is 29.5 Å². The molecule has 1 atom stereocenters. The quantitative estimate of drug-likeness (QED) is 0.331. The molecule has 0 spiro atoms. The van der Waals surface area contributed by atoms with Crippen molar-refractivity contribution in [3.05, 3.63) is 88.5 Å². The van der Waals surface area contributed by atoms with Gasteiger partial charge in [0, 0.05) is 23.4 Å². The second-order valence-corrected chi connectivity index (χ2v) is 13.1. The molecular weight excluding hydrogens is 512 g/mol. The van der Waals surface area contributed by atoms with E-state index in [0.29, 0.717) is 23.4 Å². The molecule has 0 aromatic heterocycles. The minimum absolute atomic E-state index is 0.0338. The summed E-state index contributed by atoms with van der Waals surface area (Å²) in [5, 5.41) is 3.04. The number of carbonyl (C=O) groups excluding carboxylic acids is 3. The number of esters is 1. The van der Waals surface area contributed by atoms with Crippen molar-refractivity contribution in [1.82, 2.24) is 4.90 Å². The van der Waals surface area contributed by atoms with Gasteiger partial charge < -0.3 is 15.0 Å². The third-order valence-corrected chi connectivity index (χ3v) is 8.94. The normalized spacial score (nSPS) is 17.6. The lowest BCUT2D eigenvalue weighted by molar-refractivity contribution is -0.147. The van der Waals surface area contributed by atoms with Gasteiger partial charge in [-0.15, -0.1) is 0 Å². The predicted molar refractivity (Wildman–Crippen MR) is 162 cm³/mol. The molecule has 0 bridgehead atoms. The number of hydrogen-bond acceptors (Lipinski definition) is 4. The van der Waals surface area contributed by atoms with Gasteiger partial charge in [-0.05, 0) is 87.7 Å². The number of benzene rings is 3. The zero-order valence-corrected chi connectivity index (χ0v) is 25.1. The summed E-state index contributed by atoms with van der Waals surface area (Å²) < 4.78 is 4.97. The molecule has 1 N–H and O–H groups in total. The van der Waals surface area contributed by atoms with Crippen molar-refractivity contribution in [2.45, 2.75) is 77.8 Å². The molecule has 0 fully saturated rings. The van der Waals surface area contributed by atoms with Gasteiger partial charge in [0.15, 0.2) is 0 Å². The first-order valence-corrected chi connectivity index (χ1v) is 14.4. The van der Waals surface area contributed by atoms with Gasteiger partial charge in [-0.1, -0.05) is 71.9 Å². The van der Waals surface area contributed by atoms with Crippen LogP contribution in [-0.2, 0) is 26.9 Å². The van der Waals surface area contributed by atoms with Crippen molar-refractivity contribution in [3.8, 4) is 11.1 Å². The third-order valence-electron chi connectivity index (χ3n) is 8.94. The minimum atomic E-state index is -0.626. The Morgan fingerprint density at radius 2 is 1.49 bits per heavy atom.